The van der Waals surface area contributed by atoms with Crippen molar-refractivity contribution in [3.63, 3.8) is 0 Å². The average molecular weight is 816 g/mol. The Kier molecular flexibility index (Phi) is 16.5. The topological polar surface area (TPSA) is 179 Å². The molecule has 1 aromatic carbocycles. The summed E-state index contributed by atoms with van der Waals surface area (Å²) in [5.41, 5.74) is -0.226. The Morgan fingerprint density at radius 1 is 1.02 bits per heavy atom. The molecule has 57 heavy (non-hydrogen) atoms. The fourth-order valence-corrected chi connectivity index (χ4v) is 9.09. The molecule has 0 spiro atoms. The van der Waals surface area contributed by atoms with Gasteiger partial charge in [-0.05, 0) is 74.0 Å². The van der Waals surface area contributed by atoms with Crippen molar-refractivity contribution in [1.82, 2.24) is 20.9 Å². The maximum atomic E-state index is 14.0. The summed E-state index contributed by atoms with van der Waals surface area (Å²) >= 11 is 1.60. The molecule has 4 rings (SSSR count). The van der Waals surface area contributed by atoms with E-state index in [9.17, 15) is 29.4 Å². The van der Waals surface area contributed by atoms with Gasteiger partial charge in [0, 0.05) is 30.6 Å². The third kappa shape index (κ3) is 12.4. The van der Waals surface area contributed by atoms with Crippen molar-refractivity contribution in [3.8, 4) is 5.75 Å². The molecule has 1 fully saturated rings. The molecule has 1 saturated heterocycles. The molecule has 0 aliphatic carbocycles. The van der Waals surface area contributed by atoms with Gasteiger partial charge in [0.2, 0.25) is 17.7 Å². The first-order valence-corrected chi connectivity index (χ1v) is 21.8. The highest BCUT2D eigenvalue weighted by molar-refractivity contribution is 8.14. The number of carbonyl (C=O) groups excluding carboxylic acids is 4. The molecule has 1 unspecified atom stereocenters. The van der Waals surface area contributed by atoms with E-state index < -0.39 is 65.8 Å². The minimum atomic E-state index is -1.19. The predicted molar refractivity (Wildman–Crippen MR) is 224 cm³/mol. The number of benzene rings is 1. The summed E-state index contributed by atoms with van der Waals surface area (Å²) in [6.45, 7) is 18.1. The number of aliphatic hydroxyl groups is 2. The number of rotatable bonds is 5. The van der Waals surface area contributed by atoms with Crippen LogP contribution in [0.3, 0.4) is 0 Å². The molecular formula is C43H69N5O8S. The molecule has 13 nitrogen and oxygen atoms in total. The van der Waals surface area contributed by atoms with Gasteiger partial charge in [0.15, 0.2) is 0 Å². The monoisotopic (exact) mass is 815 g/mol. The van der Waals surface area contributed by atoms with E-state index in [-0.39, 0.29) is 42.0 Å². The molecule has 2 bridgehead atoms. The van der Waals surface area contributed by atoms with Crippen LogP contribution in [0.5, 0.6) is 5.75 Å². The zero-order valence-electron chi connectivity index (χ0n) is 35.8. The van der Waals surface area contributed by atoms with Crippen molar-refractivity contribution in [2.45, 2.75) is 162 Å². The maximum Gasteiger partial charge on any atom is 0.323 e. The molecule has 10 atom stereocenters. The highest BCUT2D eigenvalue weighted by Gasteiger charge is 2.44. The number of aliphatic imine (C=N–C) groups is 1. The van der Waals surface area contributed by atoms with Crippen molar-refractivity contribution < 1.29 is 38.9 Å². The summed E-state index contributed by atoms with van der Waals surface area (Å²) in [6.07, 6.45) is 1.29. The van der Waals surface area contributed by atoms with Crippen LogP contribution in [-0.2, 0) is 30.3 Å². The number of nitrogens with one attached hydrogen (secondary N) is 3. The van der Waals surface area contributed by atoms with Crippen molar-refractivity contribution in [2.75, 3.05) is 19.4 Å². The van der Waals surface area contributed by atoms with Crippen LogP contribution in [0.4, 0.5) is 0 Å². The lowest BCUT2D eigenvalue weighted by Crippen LogP contribution is -2.60. The molecule has 14 heteroatoms. The second kappa shape index (κ2) is 20.2. The maximum absolute atomic E-state index is 14.0. The molecule has 0 aromatic heterocycles. The first-order valence-electron chi connectivity index (χ1n) is 20.8. The summed E-state index contributed by atoms with van der Waals surface area (Å²) in [5, 5.41) is 33.0. The molecule has 0 saturated carbocycles. The van der Waals surface area contributed by atoms with E-state index in [2.05, 4.69) is 22.9 Å². The lowest BCUT2D eigenvalue weighted by Gasteiger charge is -2.39. The number of thioether (sulfide) groups is 1. The third-order valence-corrected chi connectivity index (χ3v) is 13.5. The number of cyclic esters (lactones) is 1. The Bertz CT molecular complexity index is 1560. The first kappa shape index (κ1) is 46.5. The zero-order chi connectivity index (χ0) is 42.2. The number of fused-ring (bicyclic) bond motifs is 2. The van der Waals surface area contributed by atoms with Crippen molar-refractivity contribution >= 4 is 40.5 Å². The molecule has 3 aliphatic rings. The highest BCUT2D eigenvalue weighted by Crippen LogP contribution is 2.39. The summed E-state index contributed by atoms with van der Waals surface area (Å²) < 4.78 is 11.6. The van der Waals surface area contributed by atoms with E-state index in [1.807, 2.05) is 60.6 Å². The molecule has 0 radical (unpaired) electrons. The van der Waals surface area contributed by atoms with Crippen LogP contribution >= 0.6 is 11.8 Å². The fourth-order valence-electron chi connectivity index (χ4n) is 7.76. The smallest absolute Gasteiger partial charge is 0.323 e. The van der Waals surface area contributed by atoms with Crippen molar-refractivity contribution in [1.29, 1.82) is 0 Å². The van der Waals surface area contributed by atoms with Crippen molar-refractivity contribution in [3.05, 3.63) is 29.8 Å². The number of carbonyl (C=O) groups is 4. The first-order chi connectivity index (χ1) is 26.7. The standard InChI is InChI=1S/C43H69N5O8S/c1-11-26(3)36-39(53)48-20-12-13-32(48)40(54)56-34(42(5,6)7)22-25(2)21-33(49)43(8,9)41-45-29(24-57-41)16-19-35(50)46-31(38(52)44-27(4)37(51)47-36)23-28-14-17-30(55-10)18-15-28/h14-15,17-18,25-27,29,31-34,36,39,49,53H,11-13,16,19-24H2,1-10H3,(H,44,52)(H,46,50)(H,47,51)/t25-,26-,27-,29+,31-,32-,33-,34-,36-,39?/m0/s1. The van der Waals surface area contributed by atoms with Crippen LogP contribution < -0.4 is 20.7 Å². The van der Waals surface area contributed by atoms with Crippen LogP contribution in [0.15, 0.2) is 29.3 Å². The lowest BCUT2D eigenvalue weighted by molar-refractivity contribution is -0.166. The SMILES string of the molecule is CC[C@H](C)[C@@H]1NC(=O)[C@H](C)NC(=O)[C@H](Cc2ccc(OC)cc2)NC(=O)CC[C@@H]2CSC(=N2)C(C)(C)[C@@H](O)C[C@H](C)C[C@@H](C(C)(C)C)OC(=O)[C@@H]2CCCN2C1O. The summed E-state index contributed by atoms with van der Waals surface area (Å²) in [5.74, 6) is -0.557. The third-order valence-electron chi connectivity index (χ3n) is 12.1. The Morgan fingerprint density at radius 3 is 2.33 bits per heavy atom. The van der Waals surface area contributed by atoms with Crippen LogP contribution in [0.2, 0.25) is 0 Å². The van der Waals surface area contributed by atoms with E-state index >= 15 is 0 Å². The minimum absolute atomic E-state index is 0.0108. The van der Waals surface area contributed by atoms with Gasteiger partial charge in [-0.25, -0.2) is 0 Å². The van der Waals surface area contributed by atoms with E-state index in [1.54, 1.807) is 42.8 Å². The number of hydrogen-bond acceptors (Lipinski definition) is 11. The molecule has 3 heterocycles. The van der Waals surface area contributed by atoms with E-state index in [0.29, 0.717) is 56.6 Å². The zero-order valence-corrected chi connectivity index (χ0v) is 36.6. The van der Waals surface area contributed by atoms with Gasteiger partial charge in [-0.2, -0.15) is 0 Å². The van der Waals surface area contributed by atoms with E-state index in [1.165, 1.54) is 0 Å². The number of aliphatic hydroxyl groups excluding tert-OH is 2. The molecule has 320 valence electrons. The Labute approximate surface area is 344 Å². The van der Waals surface area contributed by atoms with Gasteiger partial charge < -0.3 is 35.6 Å². The fraction of sp³-hybridized carbons (Fsp3) is 0.744. The second-order valence-electron chi connectivity index (χ2n) is 18.2. The van der Waals surface area contributed by atoms with Crippen LogP contribution in [0, 0.1) is 22.7 Å². The molecule has 3 amide bonds. The van der Waals surface area contributed by atoms with Gasteiger partial charge in [0.1, 0.15) is 36.2 Å². The Hall–Kier alpha value is -3.20. The highest BCUT2D eigenvalue weighted by atomic mass is 32.2. The quantitative estimate of drug-likeness (QED) is 0.264. The minimum Gasteiger partial charge on any atom is -0.497 e. The summed E-state index contributed by atoms with van der Waals surface area (Å²) in [7, 11) is 1.57. The van der Waals surface area contributed by atoms with Gasteiger partial charge in [-0.15, -0.1) is 11.8 Å². The normalized spacial score (nSPS) is 32.4. The van der Waals surface area contributed by atoms with Gasteiger partial charge in [0.25, 0.3) is 0 Å². The number of hydrogen-bond donors (Lipinski definition) is 5. The Morgan fingerprint density at radius 2 is 1.70 bits per heavy atom. The summed E-state index contributed by atoms with van der Waals surface area (Å²) in [4.78, 5) is 61.8. The average Bonchev–Trinajstić information content (AvgIpc) is 3.86. The van der Waals surface area contributed by atoms with Crippen LogP contribution in [-0.4, -0.2) is 112 Å². The lowest BCUT2D eigenvalue weighted by atomic mass is 9.78. The largest absolute Gasteiger partial charge is 0.497 e. The predicted octanol–water partition coefficient (Wildman–Crippen LogP) is 4.61. The van der Waals surface area contributed by atoms with Gasteiger partial charge >= 0.3 is 5.97 Å². The van der Waals surface area contributed by atoms with Crippen molar-refractivity contribution in [2.24, 2.45) is 27.7 Å². The van der Waals surface area contributed by atoms with Crippen LogP contribution in [0.25, 0.3) is 0 Å². The van der Waals surface area contributed by atoms with E-state index in [4.69, 9.17) is 14.5 Å². The van der Waals surface area contributed by atoms with Gasteiger partial charge in [-0.3, -0.25) is 29.1 Å². The number of esters is 1. The molecule has 3 aliphatic heterocycles. The van der Waals surface area contributed by atoms with Gasteiger partial charge in [-0.1, -0.05) is 73.9 Å². The van der Waals surface area contributed by atoms with Gasteiger partial charge in [0.05, 0.1) is 30.3 Å². The van der Waals surface area contributed by atoms with E-state index in [0.717, 1.165) is 10.6 Å². The van der Waals surface area contributed by atoms with Crippen LogP contribution in [0.1, 0.15) is 113 Å². The molecule has 1 aromatic rings. The Balaban J connectivity index is 1.65. The molecule has 5 N–H and O–H groups in total. The number of methoxy groups -OCH3 is 1. The molecular weight excluding hydrogens is 747 g/mol. The number of ether oxygens (including phenoxy) is 2. The summed E-state index contributed by atoms with van der Waals surface area (Å²) in [6, 6.07) is 3.67. The number of amides is 3. The number of nitrogens with zero attached hydrogens (tertiary/aromatic N) is 2. The second-order valence-corrected chi connectivity index (χ2v) is 19.2.